The van der Waals surface area contributed by atoms with Crippen molar-refractivity contribution in [1.29, 1.82) is 0 Å². The minimum absolute atomic E-state index is 0.0193. The van der Waals surface area contributed by atoms with Gasteiger partial charge in [-0.05, 0) is 49.6 Å². The van der Waals surface area contributed by atoms with Gasteiger partial charge in [0.15, 0.2) is 5.78 Å². The van der Waals surface area contributed by atoms with Crippen molar-refractivity contribution in [3.05, 3.63) is 29.3 Å². The lowest BCUT2D eigenvalue weighted by Gasteiger charge is -2.35. The highest BCUT2D eigenvalue weighted by Gasteiger charge is 2.52. The van der Waals surface area contributed by atoms with Gasteiger partial charge in [0, 0.05) is 49.9 Å². The highest BCUT2D eigenvalue weighted by Crippen LogP contribution is 2.43. The number of anilines is 1. The fourth-order valence-electron chi connectivity index (χ4n) is 6.47. The number of Topliss-reactive ketones (excluding diaryl/α,β-unsaturated/α-hetero) is 1. The SMILES string of the molecule is C[C@@H]1CN(C(=O)[C@H](c2cc(N3CCN(C)CC3)ccc2C(N)=O)C2CCCC2)[C@@H]2C(=O)CO[C@H]12. The summed E-state index contributed by atoms with van der Waals surface area (Å²) in [6.07, 6.45) is 3.80. The van der Waals surface area contributed by atoms with E-state index in [0.29, 0.717) is 12.1 Å². The lowest BCUT2D eigenvalue weighted by molar-refractivity contribution is -0.138. The summed E-state index contributed by atoms with van der Waals surface area (Å²) >= 11 is 0. The number of primary amides is 1. The molecule has 3 saturated heterocycles. The third-order valence-corrected chi connectivity index (χ3v) is 8.36. The van der Waals surface area contributed by atoms with E-state index in [9.17, 15) is 14.4 Å². The van der Waals surface area contributed by atoms with Gasteiger partial charge in [-0.1, -0.05) is 19.8 Å². The van der Waals surface area contributed by atoms with Gasteiger partial charge in [0.2, 0.25) is 11.8 Å². The molecule has 8 nitrogen and oxygen atoms in total. The molecule has 5 rings (SSSR count). The molecule has 4 atom stereocenters. The number of carbonyl (C=O) groups is 3. The fraction of sp³-hybridized carbons (Fsp3) is 0.654. The minimum Gasteiger partial charge on any atom is -0.369 e. The molecule has 1 aromatic rings. The van der Waals surface area contributed by atoms with E-state index in [1.807, 2.05) is 19.1 Å². The van der Waals surface area contributed by atoms with Crippen LogP contribution < -0.4 is 10.6 Å². The van der Waals surface area contributed by atoms with E-state index in [2.05, 4.69) is 16.8 Å². The van der Waals surface area contributed by atoms with Crippen LogP contribution in [0.15, 0.2) is 18.2 Å². The Labute approximate surface area is 201 Å². The second-order valence-corrected chi connectivity index (χ2v) is 10.6. The van der Waals surface area contributed by atoms with Crippen LogP contribution in [0.5, 0.6) is 0 Å². The third kappa shape index (κ3) is 4.11. The van der Waals surface area contributed by atoms with E-state index < -0.39 is 17.9 Å². The van der Waals surface area contributed by atoms with Crippen molar-refractivity contribution in [2.24, 2.45) is 17.6 Å². The van der Waals surface area contributed by atoms with E-state index in [0.717, 1.165) is 63.1 Å². The molecule has 1 saturated carbocycles. The minimum atomic E-state index is -0.510. The van der Waals surface area contributed by atoms with Gasteiger partial charge < -0.3 is 25.2 Å². The topological polar surface area (TPSA) is 96.2 Å². The zero-order chi connectivity index (χ0) is 24.0. The molecule has 8 heteroatoms. The second kappa shape index (κ2) is 9.30. The van der Waals surface area contributed by atoms with Crippen LogP contribution in [0.2, 0.25) is 0 Å². The molecule has 34 heavy (non-hydrogen) atoms. The zero-order valence-electron chi connectivity index (χ0n) is 20.2. The Morgan fingerprint density at radius 2 is 1.82 bits per heavy atom. The van der Waals surface area contributed by atoms with Crippen LogP contribution in [-0.4, -0.2) is 85.9 Å². The molecule has 0 unspecified atom stereocenters. The molecule has 1 aromatic carbocycles. The van der Waals surface area contributed by atoms with Crippen molar-refractivity contribution in [3.8, 4) is 0 Å². The Morgan fingerprint density at radius 3 is 2.50 bits per heavy atom. The molecule has 2 N–H and O–H groups in total. The summed E-state index contributed by atoms with van der Waals surface area (Å²) in [6, 6.07) is 5.26. The molecule has 3 aliphatic heterocycles. The zero-order valence-corrected chi connectivity index (χ0v) is 20.2. The molecule has 0 radical (unpaired) electrons. The molecular weight excluding hydrogens is 432 g/mol. The molecule has 0 bridgehead atoms. The molecule has 4 aliphatic rings. The van der Waals surface area contributed by atoms with Gasteiger partial charge in [-0.15, -0.1) is 0 Å². The summed E-state index contributed by atoms with van der Waals surface area (Å²) in [5, 5.41) is 0. The van der Waals surface area contributed by atoms with Crippen LogP contribution in [0.25, 0.3) is 0 Å². The maximum absolute atomic E-state index is 14.2. The largest absolute Gasteiger partial charge is 0.369 e. The summed E-state index contributed by atoms with van der Waals surface area (Å²) in [6.45, 7) is 6.34. The van der Waals surface area contributed by atoms with E-state index in [1.54, 1.807) is 11.0 Å². The number of hydrogen-bond acceptors (Lipinski definition) is 6. The number of likely N-dealkylation sites (N-methyl/N-ethyl adjacent to an activating group) is 1. The van der Waals surface area contributed by atoms with Gasteiger partial charge in [0.1, 0.15) is 12.6 Å². The first kappa shape index (κ1) is 23.3. The maximum Gasteiger partial charge on any atom is 0.249 e. The molecule has 0 aromatic heterocycles. The van der Waals surface area contributed by atoms with Gasteiger partial charge in [-0.25, -0.2) is 0 Å². The van der Waals surface area contributed by atoms with E-state index in [-0.39, 0.29) is 36.2 Å². The quantitative estimate of drug-likeness (QED) is 0.706. The number of hydrogen-bond donors (Lipinski definition) is 1. The number of nitrogens with zero attached hydrogens (tertiary/aromatic N) is 3. The highest BCUT2D eigenvalue weighted by molar-refractivity contribution is 5.99. The van der Waals surface area contributed by atoms with Gasteiger partial charge in [-0.2, -0.15) is 0 Å². The number of amides is 2. The average molecular weight is 469 g/mol. The van der Waals surface area contributed by atoms with Crippen LogP contribution in [0, 0.1) is 11.8 Å². The lowest BCUT2D eigenvalue weighted by Crippen LogP contribution is -2.46. The molecule has 184 valence electrons. The monoisotopic (exact) mass is 468 g/mol. The highest BCUT2D eigenvalue weighted by atomic mass is 16.5. The van der Waals surface area contributed by atoms with E-state index in [4.69, 9.17) is 10.5 Å². The number of ketones is 1. The van der Waals surface area contributed by atoms with Gasteiger partial charge >= 0.3 is 0 Å². The molecule has 3 heterocycles. The van der Waals surface area contributed by atoms with Crippen molar-refractivity contribution in [3.63, 3.8) is 0 Å². The summed E-state index contributed by atoms with van der Waals surface area (Å²) in [5.74, 6) is -0.810. The predicted molar refractivity (Wildman–Crippen MR) is 129 cm³/mol. The Bertz CT molecular complexity index is 968. The number of rotatable bonds is 5. The summed E-state index contributed by atoms with van der Waals surface area (Å²) < 4.78 is 5.73. The van der Waals surface area contributed by atoms with Crippen molar-refractivity contribution < 1.29 is 19.1 Å². The molecular formula is C26H36N4O4. The Morgan fingerprint density at radius 1 is 1.12 bits per heavy atom. The van der Waals surface area contributed by atoms with Crippen molar-refractivity contribution in [2.45, 2.75) is 50.7 Å². The summed E-state index contributed by atoms with van der Waals surface area (Å²) in [4.78, 5) is 45.7. The van der Waals surface area contributed by atoms with E-state index in [1.165, 1.54) is 0 Å². The lowest BCUT2D eigenvalue weighted by atomic mass is 9.80. The van der Waals surface area contributed by atoms with Crippen molar-refractivity contribution in [1.82, 2.24) is 9.80 Å². The van der Waals surface area contributed by atoms with Gasteiger partial charge in [-0.3, -0.25) is 14.4 Å². The number of nitrogens with two attached hydrogens (primary N) is 1. The number of carbonyl (C=O) groups excluding carboxylic acids is 3. The molecule has 2 amide bonds. The van der Waals surface area contributed by atoms with Crippen molar-refractivity contribution in [2.75, 3.05) is 51.3 Å². The predicted octanol–water partition coefficient (Wildman–Crippen LogP) is 1.63. The van der Waals surface area contributed by atoms with Crippen molar-refractivity contribution >= 4 is 23.3 Å². The average Bonchev–Trinajstić information content (AvgIpc) is 3.55. The Kier molecular flexibility index (Phi) is 6.37. The van der Waals surface area contributed by atoms with E-state index >= 15 is 0 Å². The fourth-order valence-corrected chi connectivity index (χ4v) is 6.47. The molecule has 4 fully saturated rings. The van der Waals surface area contributed by atoms with Crippen LogP contribution >= 0.6 is 0 Å². The second-order valence-electron chi connectivity index (χ2n) is 10.6. The van der Waals surface area contributed by atoms with Gasteiger partial charge in [0.05, 0.1) is 12.0 Å². The standard InChI is InChI=1S/C26H36N4O4/c1-16-14-30(23-21(31)15-34-24(16)23)26(33)22(17-5-3-4-6-17)20-13-18(7-8-19(20)25(27)32)29-11-9-28(2)10-12-29/h7-8,13,16-17,22-24H,3-6,9-12,14-15H2,1-2H3,(H2,27,32)/t16-,22+,23-,24-/m1/s1. The number of piperazine rings is 1. The van der Waals surface area contributed by atoms with Crippen LogP contribution in [0.4, 0.5) is 5.69 Å². The number of fused-ring (bicyclic) bond motifs is 1. The van der Waals surface area contributed by atoms with Crippen LogP contribution in [0.1, 0.15) is 54.4 Å². The molecule has 1 aliphatic carbocycles. The number of ether oxygens (including phenoxy) is 1. The Hall–Kier alpha value is -2.45. The normalized spacial score (nSPS) is 29.0. The maximum atomic E-state index is 14.2. The number of likely N-dealkylation sites (tertiary alicyclic amines) is 1. The summed E-state index contributed by atoms with van der Waals surface area (Å²) in [7, 11) is 2.12. The Balaban J connectivity index is 1.54. The third-order valence-electron chi connectivity index (χ3n) is 8.36. The smallest absolute Gasteiger partial charge is 0.249 e. The first-order chi connectivity index (χ1) is 16.3. The van der Waals surface area contributed by atoms with Gasteiger partial charge in [0.25, 0.3) is 0 Å². The van der Waals surface area contributed by atoms with Crippen LogP contribution in [-0.2, 0) is 14.3 Å². The first-order valence-corrected chi connectivity index (χ1v) is 12.7. The molecule has 0 spiro atoms. The first-order valence-electron chi connectivity index (χ1n) is 12.7. The number of benzene rings is 1. The summed E-state index contributed by atoms with van der Waals surface area (Å²) in [5.41, 5.74) is 7.99. The van der Waals surface area contributed by atoms with Crippen LogP contribution in [0.3, 0.4) is 0 Å².